The van der Waals surface area contributed by atoms with Gasteiger partial charge in [-0.25, -0.2) is 17.7 Å². The molecule has 1 unspecified atom stereocenters. The van der Waals surface area contributed by atoms with Crippen LogP contribution < -0.4 is 5.32 Å². The van der Waals surface area contributed by atoms with Crippen LogP contribution in [0.15, 0.2) is 40.6 Å². The first-order valence-electron chi connectivity index (χ1n) is 8.20. The third-order valence-electron chi connectivity index (χ3n) is 4.73. The topological polar surface area (TPSA) is 95.9 Å². The van der Waals surface area contributed by atoms with Gasteiger partial charge in [0, 0.05) is 36.7 Å². The van der Waals surface area contributed by atoms with E-state index in [1.54, 1.807) is 18.2 Å². The molecule has 0 bridgehead atoms. The van der Waals surface area contributed by atoms with Gasteiger partial charge in [0.2, 0.25) is 21.8 Å². The van der Waals surface area contributed by atoms with E-state index in [0.29, 0.717) is 31.6 Å². The number of carbonyl (C=O) groups excluding carboxylic acids is 2. The highest BCUT2D eigenvalue weighted by Gasteiger charge is 2.29. The molecule has 2 aliphatic heterocycles. The Morgan fingerprint density at radius 2 is 1.96 bits per heavy atom. The number of rotatable bonds is 2. The fourth-order valence-corrected chi connectivity index (χ4v) is 4.18. The maximum atomic E-state index is 12.4. The fraction of sp³-hybridized carbons (Fsp3) is 0.471. The summed E-state index contributed by atoms with van der Waals surface area (Å²) in [7, 11) is -3.21. The summed E-state index contributed by atoms with van der Waals surface area (Å²) >= 11 is 0. The average Bonchev–Trinajstić information content (AvgIpc) is 2.53. The van der Waals surface area contributed by atoms with Crippen LogP contribution in [-0.2, 0) is 19.6 Å². The molecule has 1 N–H and O–H groups in total. The minimum Gasteiger partial charge on any atom is -0.325 e. The van der Waals surface area contributed by atoms with E-state index in [4.69, 9.17) is 0 Å². The van der Waals surface area contributed by atoms with Crippen LogP contribution in [0.4, 0.5) is 0 Å². The number of nitrogens with one attached hydrogen (secondary N) is 1. The summed E-state index contributed by atoms with van der Waals surface area (Å²) < 4.78 is 24.4. The van der Waals surface area contributed by atoms with Gasteiger partial charge in [-0.1, -0.05) is 11.6 Å². The Morgan fingerprint density at radius 1 is 1.28 bits per heavy atom. The van der Waals surface area contributed by atoms with Crippen molar-refractivity contribution in [3.8, 4) is 0 Å². The van der Waals surface area contributed by atoms with E-state index in [9.17, 15) is 18.0 Å². The molecular weight excluding hydrogens is 342 g/mol. The number of allylic oxidation sites excluding steroid dienone is 3. The highest BCUT2D eigenvalue weighted by atomic mass is 32.2. The summed E-state index contributed by atoms with van der Waals surface area (Å²) in [6.45, 7) is 2.59. The van der Waals surface area contributed by atoms with Crippen molar-refractivity contribution < 1.29 is 18.0 Å². The molecule has 0 saturated carbocycles. The number of amides is 2. The third-order valence-corrected chi connectivity index (χ3v) is 6.03. The molecule has 8 heteroatoms. The van der Waals surface area contributed by atoms with Crippen molar-refractivity contribution in [2.24, 2.45) is 16.8 Å². The summed E-state index contributed by atoms with van der Waals surface area (Å²) in [5.41, 5.74) is 2.19. The molecule has 0 spiro atoms. The Hall–Kier alpha value is -2.06. The Kier molecular flexibility index (Phi) is 4.75. The van der Waals surface area contributed by atoms with E-state index >= 15 is 0 Å². The summed E-state index contributed by atoms with van der Waals surface area (Å²) in [6.07, 6.45) is 9.12. The first-order chi connectivity index (χ1) is 11.7. The molecule has 25 heavy (non-hydrogen) atoms. The van der Waals surface area contributed by atoms with Crippen molar-refractivity contribution in [2.75, 3.05) is 19.3 Å². The second-order valence-electron chi connectivity index (χ2n) is 6.63. The lowest BCUT2D eigenvalue weighted by Gasteiger charge is -2.28. The normalized spacial score (nSPS) is 26.7. The molecule has 0 aromatic rings. The maximum absolute atomic E-state index is 12.4. The smallest absolute Gasteiger partial charge is 0.249 e. The molecule has 3 aliphatic rings. The molecule has 3 rings (SSSR count). The molecular formula is C17H21N3O4S. The zero-order valence-electron chi connectivity index (χ0n) is 14.2. The van der Waals surface area contributed by atoms with Gasteiger partial charge in [0.15, 0.2) is 0 Å². The molecule has 0 aromatic heterocycles. The van der Waals surface area contributed by atoms with E-state index in [2.05, 4.69) is 10.3 Å². The van der Waals surface area contributed by atoms with E-state index in [1.807, 2.05) is 13.0 Å². The van der Waals surface area contributed by atoms with Crippen LogP contribution >= 0.6 is 0 Å². The van der Waals surface area contributed by atoms with Crippen LogP contribution in [0, 0.1) is 11.8 Å². The number of fused-ring (bicyclic) bond motifs is 1. The number of nitrogens with zero attached hydrogens (tertiary/aromatic N) is 2. The summed E-state index contributed by atoms with van der Waals surface area (Å²) in [4.78, 5) is 28.2. The third kappa shape index (κ3) is 3.96. The van der Waals surface area contributed by atoms with Crippen LogP contribution in [-0.4, -0.2) is 49.6 Å². The lowest BCUT2D eigenvalue weighted by molar-refractivity contribution is -0.122. The van der Waals surface area contributed by atoms with Gasteiger partial charge in [0.05, 0.1) is 12.0 Å². The van der Waals surface area contributed by atoms with Gasteiger partial charge in [-0.05, 0) is 31.9 Å². The van der Waals surface area contributed by atoms with Gasteiger partial charge >= 0.3 is 0 Å². The van der Waals surface area contributed by atoms with Gasteiger partial charge in [-0.3, -0.25) is 9.59 Å². The number of hydrogen-bond acceptors (Lipinski definition) is 4. The van der Waals surface area contributed by atoms with Gasteiger partial charge in [0.1, 0.15) is 0 Å². The first kappa shape index (κ1) is 17.8. The van der Waals surface area contributed by atoms with E-state index in [1.165, 1.54) is 10.6 Å². The van der Waals surface area contributed by atoms with Crippen molar-refractivity contribution in [1.29, 1.82) is 0 Å². The second kappa shape index (κ2) is 6.68. The maximum Gasteiger partial charge on any atom is 0.249 e. The predicted octanol–water partition coefficient (Wildman–Crippen LogP) is 0.772. The van der Waals surface area contributed by atoms with Gasteiger partial charge in [0.25, 0.3) is 0 Å². The van der Waals surface area contributed by atoms with E-state index < -0.39 is 10.0 Å². The number of piperidine rings is 1. The van der Waals surface area contributed by atoms with Crippen molar-refractivity contribution in [3.05, 3.63) is 35.6 Å². The van der Waals surface area contributed by atoms with Crippen molar-refractivity contribution in [2.45, 2.75) is 19.8 Å². The van der Waals surface area contributed by atoms with Crippen molar-refractivity contribution >= 4 is 27.5 Å². The second-order valence-corrected chi connectivity index (χ2v) is 8.61. The van der Waals surface area contributed by atoms with Crippen LogP contribution in [0.25, 0.3) is 0 Å². The molecule has 1 saturated heterocycles. The van der Waals surface area contributed by atoms with E-state index in [0.717, 1.165) is 11.3 Å². The number of sulfonamides is 1. The Morgan fingerprint density at radius 3 is 2.60 bits per heavy atom. The lowest BCUT2D eigenvalue weighted by Crippen LogP contribution is -2.39. The largest absolute Gasteiger partial charge is 0.325 e. The van der Waals surface area contributed by atoms with Gasteiger partial charge in [-0.2, -0.15) is 0 Å². The standard InChI is InChI=1S/C17H21N3O4S/c1-11-9-16(21)19-15-10-13(3-4-14(11)15)18-17(22)12-5-7-20(8-6-12)25(2,23)24/h3-4,9-10,12,14H,5-8H2,1-2H3,(H,19,21). The predicted molar refractivity (Wildman–Crippen MR) is 94.2 cm³/mol. The molecule has 7 nitrogen and oxygen atoms in total. The first-order valence-corrected chi connectivity index (χ1v) is 10.1. The Labute approximate surface area is 147 Å². The van der Waals surface area contributed by atoms with Gasteiger partial charge in [-0.15, -0.1) is 0 Å². The monoisotopic (exact) mass is 363 g/mol. The van der Waals surface area contributed by atoms with Gasteiger partial charge < -0.3 is 5.32 Å². The highest BCUT2D eigenvalue weighted by molar-refractivity contribution is 7.88. The zero-order valence-corrected chi connectivity index (χ0v) is 15.0. The molecule has 0 radical (unpaired) electrons. The zero-order chi connectivity index (χ0) is 18.2. The number of hydrogen-bond donors (Lipinski definition) is 1. The van der Waals surface area contributed by atoms with Crippen LogP contribution in [0.3, 0.4) is 0 Å². The molecule has 1 fully saturated rings. The quantitative estimate of drug-likeness (QED) is 0.784. The highest BCUT2D eigenvalue weighted by Crippen LogP contribution is 2.27. The van der Waals surface area contributed by atoms with Crippen LogP contribution in [0.2, 0.25) is 0 Å². The minimum absolute atomic E-state index is 0.0183. The van der Waals surface area contributed by atoms with Crippen molar-refractivity contribution in [3.63, 3.8) is 0 Å². The molecule has 1 aliphatic carbocycles. The molecule has 1 atom stereocenters. The molecule has 2 heterocycles. The lowest BCUT2D eigenvalue weighted by atomic mass is 9.88. The van der Waals surface area contributed by atoms with Crippen LogP contribution in [0.1, 0.15) is 19.8 Å². The SMILES string of the molecule is CC1=CC(=O)NC2=CC(=NC(=O)C3CCN(S(C)(=O)=O)CC3)C=CC12. The number of aliphatic imine (C=N–C) groups is 1. The molecule has 2 amide bonds. The Bertz CT molecular complexity index is 828. The number of carbonyl (C=O) groups is 2. The summed E-state index contributed by atoms with van der Waals surface area (Å²) in [5.74, 6) is -0.658. The minimum atomic E-state index is -3.21. The van der Waals surface area contributed by atoms with Crippen LogP contribution in [0.5, 0.6) is 0 Å². The molecule has 134 valence electrons. The average molecular weight is 363 g/mol. The Balaban J connectivity index is 1.68. The summed E-state index contributed by atoms with van der Waals surface area (Å²) in [5, 5.41) is 2.78. The summed E-state index contributed by atoms with van der Waals surface area (Å²) in [6, 6.07) is 0. The van der Waals surface area contributed by atoms with E-state index in [-0.39, 0.29) is 23.7 Å². The van der Waals surface area contributed by atoms with Crippen molar-refractivity contribution in [1.82, 2.24) is 9.62 Å². The molecule has 0 aromatic carbocycles. The fourth-order valence-electron chi connectivity index (χ4n) is 3.30.